The summed E-state index contributed by atoms with van der Waals surface area (Å²) in [5.41, 5.74) is 0.741. The Morgan fingerprint density at radius 3 is 2.95 bits per heavy atom. The number of hydrogen-bond acceptors (Lipinski definition) is 2. The van der Waals surface area contributed by atoms with Gasteiger partial charge in [-0.25, -0.2) is 9.38 Å². The number of ether oxygens (including phenoxy) is 1. The molecular weight excluding hydrogens is 269 g/mol. The Bertz CT molecular complexity index is 484. The van der Waals surface area contributed by atoms with Crippen molar-refractivity contribution < 1.29 is 9.13 Å². The molecule has 5 heteroatoms. The van der Waals surface area contributed by atoms with Crippen molar-refractivity contribution in [3.05, 3.63) is 35.6 Å². The Morgan fingerprint density at radius 1 is 1.43 bits per heavy atom. The molecule has 0 spiro atoms. The molecule has 0 radical (unpaired) electrons. The molecule has 1 fully saturated rings. The van der Waals surface area contributed by atoms with E-state index in [1.165, 1.54) is 12.1 Å². The molecule has 4 nitrogen and oxygen atoms in total. The number of aliphatic imine (C=N–C) groups is 1. The van der Waals surface area contributed by atoms with Crippen molar-refractivity contribution in [2.75, 3.05) is 19.7 Å². The number of nitrogens with one attached hydrogen (secondary N) is 2. The Labute approximate surface area is 125 Å². The molecule has 0 aromatic heterocycles. The van der Waals surface area contributed by atoms with Gasteiger partial charge in [0, 0.05) is 19.7 Å². The van der Waals surface area contributed by atoms with Crippen LogP contribution in [0.3, 0.4) is 0 Å². The lowest BCUT2D eigenvalue weighted by atomic mass is 10.0. The smallest absolute Gasteiger partial charge is 0.191 e. The van der Waals surface area contributed by atoms with E-state index < -0.39 is 0 Å². The highest BCUT2D eigenvalue weighted by Crippen LogP contribution is 2.23. The first-order valence-corrected chi connectivity index (χ1v) is 7.52. The first-order chi connectivity index (χ1) is 10.1. The Balaban J connectivity index is 1.92. The van der Waals surface area contributed by atoms with Crippen LogP contribution in [0.25, 0.3) is 0 Å². The van der Waals surface area contributed by atoms with Crippen LogP contribution < -0.4 is 10.6 Å². The molecule has 1 saturated heterocycles. The quantitative estimate of drug-likeness (QED) is 0.647. The lowest BCUT2D eigenvalue weighted by Crippen LogP contribution is -2.45. The van der Waals surface area contributed by atoms with E-state index >= 15 is 0 Å². The molecule has 1 aliphatic heterocycles. The average Bonchev–Trinajstić information content (AvgIpc) is 2.89. The summed E-state index contributed by atoms with van der Waals surface area (Å²) in [4.78, 5) is 4.49. The number of rotatable bonds is 5. The number of hydrogen-bond donors (Lipinski definition) is 2. The first kappa shape index (κ1) is 15.8. The minimum atomic E-state index is -0.229. The molecule has 1 heterocycles. The summed E-state index contributed by atoms with van der Waals surface area (Å²) in [6.07, 6.45) is 2.17. The molecule has 0 bridgehead atoms. The molecular formula is C16H24FN3O. The monoisotopic (exact) mass is 293 g/mol. The summed E-state index contributed by atoms with van der Waals surface area (Å²) in [5.74, 6) is 0.506. The number of nitrogens with zero attached hydrogens (tertiary/aromatic N) is 1. The minimum Gasteiger partial charge on any atom is -0.373 e. The molecule has 0 saturated carbocycles. The summed E-state index contributed by atoms with van der Waals surface area (Å²) in [5, 5.41) is 6.51. The van der Waals surface area contributed by atoms with Gasteiger partial charge in [0.1, 0.15) is 5.82 Å². The first-order valence-electron chi connectivity index (χ1n) is 7.52. The Kier molecular flexibility index (Phi) is 5.56. The zero-order valence-electron chi connectivity index (χ0n) is 12.8. The predicted molar refractivity (Wildman–Crippen MR) is 82.8 cm³/mol. The van der Waals surface area contributed by atoms with Gasteiger partial charge in [-0.15, -0.1) is 0 Å². The van der Waals surface area contributed by atoms with Crippen LogP contribution in [-0.2, 0) is 11.3 Å². The molecule has 0 aliphatic carbocycles. The van der Waals surface area contributed by atoms with E-state index in [4.69, 9.17) is 4.74 Å². The van der Waals surface area contributed by atoms with Gasteiger partial charge in [-0.1, -0.05) is 12.1 Å². The summed E-state index contributed by atoms with van der Waals surface area (Å²) in [6, 6.07) is 6.52. The fourth-order valence-corrected chi connectivity index (χ4v) is 2.39. The van der Waals surface area contributed by atoms with Gasteiger partial charge in [0.15, 0.2) is 5.96 Å². The summed E-state index contributed by atoms with van der Waals surface area (Å²) in [6.45, 7) is 6.92. The van der Waals surface area contributed by atoms with Crippen LogP contribution >= 0.6 is 0 Å². The molecule has 1 aliphatic rings. The standard InChI is InChI=1S/C16H24FN3O/c1-3-18-15(20-12-16(2)8-5-9-21-16)19-11-13-6-4-7-14(17)10-13/h4,6-7,10H,3,5,8-9,11-12H2,1-2H3,(H2,18,19,20). The fourth-order valence-electron chi connectivity index (χ4n) is 2.39. The molecule has 21 heavy (non-hydrogen) atoms. The van der Waals surface area contributed by atoms with E-state index in [2.05, 4.69) is 22.5 Å². The van der Waals surface area contributed by atoms with E-state index in [0.29, 0.717) is 6.54 Å². The van der Waals surface area contributed by atoms with Gasteiger partial charge in [-0.2, -0.15) is 0 Å². The van der Waals surface area contributed by atoms with Crippen LogP contribution in [0.2, 0.25) is 0 Å². The van der Waals surface area contributed by atoms with Crippen LogP contribution in [0.1, 0.15) is 32.3 Å². The molecule has 0 amide bonds. The second-order valence-corrected chi connectivity index (χ2v) is 5.58. The van der Waals surface area contributed by atoms with Crippen LogP contribution in [0.4, 0.5) is 4.39 Å². The van der Waals surface area contributed by atoms with Gasteiger partial charge in [0.05, 0.1) is 12.1 Å². The lowest BCUT2D eigenvalue weighted by molar-refractivity contribution is 0.0243. The molecule has 116 valence electrons. The van der Waals surface area contributed by atoms with E-state index in [0.717, 1.165) is 44.1 Å². The SMILES string of the molecule is CCNC(=NCc1cccc(F)c1)NCC1(C)CCCO1. The van der Waals surface area contributed by atoms with E-state index in [1.54, 1.807) is 6.07 Å². The third kappa shape index (κ3) is 5.01. The third-order valence-corrected chi connectivity index (χ3v) is 3.58. The number of benzene rings is 1. The fraction of sp³-hybridized carbons (Fsp3) is 0.562. The van der Waals surface area contributed by atoms with Gasteiger partial charge in [0.2, 0.25) is 0 Å². The Morgan fingerprint density at radius 2 is 2.29 bits per heavy atom. The molecule has 1 atom stereocenters. The molecule has 2 N–H and O–H groups in total. The minimum absolute atomic E-state index is 0.116. The van der Waals surface area contributed by atoms with Crippen molar-refractivity contribution in [2.45, 2.75) is 38.8 Å². The number of halogens is 1. The molecule has 2 rings (SSSR count). The predicted octanol–water partition coefficient (Wildman–Crippen LogP) is 2.45. The van der Waals surface area contributed by atoms with Gasteiger partial charge >= 0.3 is 0 Å². The zero-order valence-corrected chi connectivity index (χ0v) is 12.8. The lowest BCUT2D eigenvalue weighted by Gasteiger charge is -2.24. The van der Waals surface area contributed by atoms with E-state index in [9.17, 15) is 4.39 Å². The van der Waals surface area contributed by atoms with Crippen molar-refractivity contribution in [1.82, 2.24) is 10.6 Å². The molecule has 1 unspecified atom stereocenters. The normalized spacial score (nSPS) is 22.3. The van der Waals surface area contributed by atoms with Crippen molar-refractivity contribution in [3.63, 3.8) is 0 Å². The highest BCUT2D eigenvalue weighted by molar-refractivity contribution is 5.79. The van der Waals surface area contributed by atoms with Gasteiger partial charge < -0.3 is 15.4 Å². The Hall–Kier alpha value is -1.62. The largest absolute Gasteiger partial charge is 0.373 e. The second-order valence-electron chi connectivity index (χ2n) is 5.58. The van der Waals surface area contributed by atoms with E-state index in [1.807, 2.05) is 13.0 Å². The van der Waals surface area contributed by atoms with Crippen LogP contribution in [-0.4, -0.2) is 31.3 Å². The van der Waals surface area contributed by atoms with Crippen molar-refractivity contribution in [3.8, 4) is 0 Å². The summed E-state index contributed by atoms with van der Waals surface area (Å²) >= 11 is 0. The highest BCUT2D eigenvalue weighted by atomic mass is 19.1. The summed E-state index contributed by atoms with van der Waals surface area (Å²) in [7, 11) is 0. The van der Waals surface area contributed by atoms with Crippen LogP contribution in [0, 0.1) is 5.82 Å². The summed E-state index contributed by atoms with van der Waals surface area (Å²) < 4.78 is 18.9. The molecule has 1 aromatic rings. The highest BCUT2D eigenvalue weighted by Gasteiger charge is 2.29. The maximum Gasteiger partial charge on any atom is 0.191 e. The number of guanidine groups is 1. The van der Waals surface area contributed by atoms with Gasteiger partial charge in [0.25, 0.3) is 0 Å². The van der Waals surface area contributed by atoms with Gasteiger partial charge in [-0.05, 0) is 44.4 Å². The molecule has 1 aromatic carbocycles. The maximum absolute atomic E-state index is 13.1. The van der Waals surface area contributed by atoms with Crippen LogP contribution in [0.5, 0.6) is 0 Å². The second kappa shape index (κ2) is 7.41. The van der Waals surface area contributed by atoms with Crippen molar-refractivity contribution in [1.29, 1.82) is 0 Å². The van der Waals surface area contributed by atoms with E-state index in [-0.39, 0.29) is 11.4 Å². The maximum atomic E-state index is 13.1. The van der Waals surface area contributed by atoms with Crippen molar-refractivity contribution in [2.24, 2.45) is 4.99 Å². The third-order valence-electron chi connectivity index (χ3n) is 3.58. The topological polar surface area (TPSA) is 45.7 Å². The van der Waals surface area contributed by atoms with Crippen LogP contribution in [0.15, 0.2) is 29.3 Å². The zero-order chi connectivity index (χ0) is 15.1. The van der Waals surface area contributed by atoms with Gasteiger partial charge in [-0.3, -0.25) is 0 Å². The van der Waals surface area contributed by atoms with Crippen molar-refractivity contribution >= 4 is 5.96 Å². The average molecular weight is 293 g/mol.